The van der Waals surface area contributed by atoms with Crippen LogP contribution >= 0.6 is 11.3 Å². The molecule has 0 spiro atoms. The van der Waals surface area contributed by atoms with Gasteiger partial charge in [0.2, 0.25) is 5.91 Å². The van der Waals surface area contributed by atoms with Crippen LogP contribution in [-0.4, -0.2) is 18.0 Å². The first kappa shape index (κ1) is 16.9. The Morgan fingerprint density at radius 3 is 2.68 bits per heavy atom. The highest BCUT2D eigenvalue weighted by molar-refractivity contribution is 7.13. The van der Waals surface area contributed by atoms with E-state index in [9.17, 15) is 9.18 Å². The molecule has 25 heavy (non-hydrogen) atoms. The Hall–Kier alpha value is -2.99. The number of rotatable bonds is 5. The lowest BCUT2D eigenvalue weighted by atomic mass is 10.2. The topological polar surface area (TPSA) is 51.2 Å². The Morgan fingerprint density at radius 1 is 1.24 bits per heavy atom. The Morgan fingerprint density at radius 2 is 2.04 bits per heavy atom. The number of nitrogens with one attached hydrogen (secondary N) is 1. The first-order chi connectivity index (χ1) is 12.2. The Balaban J connectivity index is 1.63. The van der Waals surface area contributed by atoms with Gasteiger partial charge in [0, 0.05) is 28.9 Å². The van der Waals surface area contributed by atoms with E-state index in [-0.39, 0.29) is 11.7 Å². The maximum absolute atomic E-state index is 13.6. The molecule has 3 rings (SSSR count). The van der Waals surface area contributed by atoms with Crippen molar-refractivity contribution < 1.29 is 13.9 Å². The third kappa shape index (κ3) is 4.30. The zero-order chi connectivity index (χ0) is 17.6. The molecule has 0 saturated carbocycles. The largest absolute Gasteiger partial charge is 0.494 e. The van der Waals surface area contributed by atoms with Gasteiger partial charge in [-0.3, -0.25) is 4.79 Å². The van der Waals surface area contributed by atoms with Crippen LogP contribution in [0.4, 0.5) is 10.1 Å². The first-order valence-electron chi connectivity index (χ1n) is 7.48. The number of halogens is 1. The monoisotopic (exact) mass is 354 g/mol. The van der Waals surface area contributed by atoms with E-state index in [0.717, 1.165) is 10.6 Å². The molecule has 6 heteroatoms. The SMILES string of the molecule is COc1ccc(C=CC(=O)Nc2ccc(-c3nccs3)cc2)cc1F. The van der Waals surface area contributed by atoms with E-state index in [1.165, 1.54) is 25.3 Å². The summed E-state index contributed by atoms with van der Waals surface area (Å²) in [6.45, 7) is 0. The van der Waals surface area contributed by atoms with Gasteiger partial charge in [-0.2, -0.15) is 0 Å². The zero-order valence-electron chi connectivity index (χ0n) is 13.4. The van der Waals surface area contributed by atoms with Gasteiger partial charge in [-0.1, -0.05) is 6.07 Å². The first-order valence-corrected chi connectivity index (χ1v) is 8.36. The van der Waals surface area contributed by atoms with Gasteiger partial charge in [0.05, 0.1) is 7.11 Å². The van der Waals surface area contributed by atoms with Crippen LogP contribution in [0.2, 0.25) is 0 Å². The van der Waals surface area contributed by atoms with Crippen molar-refractivity contribution in [2.75, 3.05) is 12.4 Å². The molecule has 1 aromatic heterocycles. The molecule has 0 radical (unpaired) electrons. The molecule has 126 valence electrons. The average molecular weight is 354 g/mol. The lowest BCUT2D eigenvalue weighted by molar-refractivity contribution is -0.111. The number of hydrogen-bond acceptors (Lipinski definition) is 4. The number of hydrogen-bond donors (Lipinski definition) is 1. The van der Waals surface area contributed by atoms with Gasteiger partial charge in [0.15, 0.2) is 11.6 Å². The van der Waals surface area contributed by atoms with Crippen molar-refractivity contribution in [1.29, 1.82) is 0 Å². The predicted octanol–water partition coefficient (Wildman–Crippen LogP) is 4.61. The molecule has 0 saturated heterocycles. The van der Waals surface area contributed by atoms with Crippen LogP contribution in [0.3, 0.4) is 0 Å². The number of carbonyl (C=O) groups is 1. The number of aromatic nitrogens is 1. The molecule has 0 aliphatic heterocycles. The van der Waals surface area contributed by atoms with E-state index in [1.54, 1.807) is 29.7 Å². The number of thiazole rings is 1. The fraction of sp³-hybridized carbons (Fsp3) is 0.0526. The van der Waals surface area contributed by atoms with E-state index >= 15 is 0 Å². The Bertz CT molecular complexity index is 890. The average Bonchev–Trinajstić information content (AvgIpc) is 3.15. The molecule has 0 aliphatic carbocycles. The van der Waals surface area contributed by atoms with E-state index < -0.39 is 5.82 Å². The van der Waals surface area contributed by atoms with Gasteiger partial charge in [-0.15, -0.1) is 11.3 Å². The van der Waals surface area contributed by atoms with Crippen LogP contribution in [0.15, 0.2) is 60.1 Å². The van der Waals surface area contributed by atoms with Crippen molar-refractivity contribution >= 4 is 29.0 Å². The number of amides is 1. The summed E-state index contributed by atoms with van der Waals surface area (Å²) in [7, 11) is 1.40. The van der Waals surface area contributed by atoms with Crippen LogP contribution in [0.1, 0.15) is 5.56 Å². The van der Waals surface area contributed by atoms with Crippen LogP contribution in [0.25, 0.3) is 16.6 Å². The quantitative estimate of drug-likeness (QED) is 0.681. The van der Waals surface area contributed by atoms with Crippen molar-refractivity contribution in [3.8, 4) is 16.3 Å². The van der Waals surface area contributed by atoms with Crippen LogP contribution in [-0.2, 0) is 4.79 Å². The molecule has 1 amide bonds. The summed E-state index contributed by atoms with van der Waals surface area (Å²) < 4.78 is 18.5. The minimum atomic E-state index is -0.470. The van der Waals surface area contributed by atoms with Gasteiger partial charge >= 0.3 is 0 Å². The number of methoxy groups -OCH3 is 1. The lowest BCUT2D eigenvalue weighted by Crippen LogP contribution is -2.07. The highest BCUT2D eigenvalue weighted by Crippen LogP contribution is 2.23. The molecule has 0 aliphatic rings. The van der Waals surface area contributed by atoms with Crippen molar-refractivity contribution in [2.24, 2.45) is 0 Å². The highest BCUT2D eigenvalue weighted by Gasteiger charge is 2.04. The van der Waals surface area contributed by atoms with E-state index in [4.69, 9.17) is 4.74 Å². The molecule has 4 nitrogen and oxygen atoms in total. The third-order valence-corrected chi connectivity index (χ3v) is 4.26. The van der Waals surface area contributed by atoms with Crippen molar-refractivity contribution in [3.05, 3.63) is 71.5 Å². The van der Waals surface area contributed by atoms with Crippen LogP contribution in [0.5, 0.6) is 5.75 Å². The molecule has 2 aromatic carbocycles. The summed E-state index contributed by atoms with van der Waals surface area (Å²) in [5.74, 6) is -0.594. The zero-order valence-corrected chi connectivity index (χ0v) is 14.2. The van der Waals surface area contributed by atoms with Crippen LogP contribution < -0.4 is 10.1 Å². The fourth-order valence-electron chi connectivity index (χ4n) is 2.20. The van der Waals surface area contributed by atoms with Crippen molar-refractivity contribution in [1.82, 2.24) is 4.98 Å². The summed E-state index contributed by atoms with van der Waals surface area (Å²) in [5.41, 5.74) is 2.25. The van der Waals surface area contributed by atoms with E-state index in [0.29, 0.717) is 11.3 Å². The van der Waals surface area contributed by atoms with Crippen LogP contribution in [0, 0.1) is 5.82 Å². The molecule has 3 aromatic rings. The number of benzene rings is 2. The Kier molecular flexibility index (Phi) is 5.20. The number of carbonyl (C=O) groups excluding carboxylic acids is 1. The van der Waals surface area contributed by atoms with Gasteiger partial charge < -0.3 is 10.1 Å². The number of anilines is 1. The van der Waals surface area contributed by atoms with E-state index in [1.807, 2.05) is 29.6 Å². The standard InChI is InChI=1S/C19H15FN2O2S/c1-24-17-8-2-13(12-16(17)20)3-9-18(23)22-15-6-4-14(5-7-15)19-21-10-11-25-19/h2-12H,1H3,(H,22,23). The minimum absolute atomic E-state index is 0.168. The second kappa shape index (κ2) is 7.72. The van der Waals surface area contributed by atoms with Gasteiger partial charge in [-0.05, 0) is 48.0 Å². The van der Waals surface area contributed by atoms with Crippen molar-refractivity contribution in [3.63, 3.8) is 0 Å². The van der Waals surface area contributed by atoms with Gasteiger partial charge in [0.1, 0.15) is 5.01 Å². The summed E-state index contributed by atoms with van der Waals surface area (Å²) in [4.78, 5) is 16.2. The molecular formula is C19H15FN2O2S. The smallest absolute Gasteiger partial charge is 0.248 e. The maximum atomic E-state index is 13.6. The molecule has 1 heterocycles. The molecule has 0 fully saturated rings. The highest BCUT2D eigenvalue weighted by atomic mass is 32.1. The molecule has 0 unspecified atom stereocenters. The minimum Gasteiger partial charge on any atom is -0.494 e. The second-order valence-corrected chi connectivity index (χ2v) is 6.03. The summed E-state index contributed by atoms with van der Waals surface area (Å²) in [6.07, 6.45) is 4.65. The second-order valence-electron chi connectivity index (χ2n) is 5.13. The maximum Gasteiger partial charge on any atom is 0.248 e. The van der Waals surface area contributed by atoms with E-state index in [2.05, 4.69) is 10.3 Å². The van der Waals surface area contributed by atoms with Gasteiger partial charge in [-0.25, -0.2) is 9.37 Å². The van der Waals surface area contributed by atoms with Crippen molar-refractivity contribution in [2.45, 2.75) is 0 Å². The van der Waals surface area contributed by atoms with Gasteiger partial charge in [0.25, 0.3) is 0 Å². The molecule has 0 atom stereocenters. The normalized spacial score (nSPS) is 10.8. The predicted molar refractivity (Wildman–Crippen MR) is 98.2 cm³/mol. The summed E-state index contributed by atoms with van der Waals surface area (Å²) in [5, 5.41) is 5.61. The number of nitrogens with zero attached hydrogens (tertiary/aromatic N) is 1. The fourth-order valence-corrected chi connectivity index (χ4v) is 2.85. The number of ether oxygens (including phenoxy) is 1. The summed E-state index contributed by atoms with van der Waals surface area (Å²) in [6, 6.07) is 11.9. The third-order valence-electron chi connectivity index (χ3n) is 3.43. The summed E-state index contributed by atoms with van der Waals surface area (Å²) >= 11 is 1.56. The Labute approximate surface area is 148 Å². The molecule has 0 bridgehead atoms. The lowest BCUT2D eigenvalue weighted by Gasteiger charge is -2.04. The molecular weight excluding hydrogens is 339 g/mol. The molecule has 1 N–H and O–H groups in total.